The highest BCUT2D eigenvalue weighted by Crippen LogP contribution is 2.14. The monoisotopic (exact) mass is 462 g/mol. The molecular formula is C32H62O. The minimum atomic E-state index is 0.362. The zero-order valence-corrected chi connectivity index (χ0v) is 22.8. The molecule has 1 nitrogen and oxygen atoms in total. The van der Waals surface area contributed by atoms with Gasteiger partial charge in [0.1, 0.15) is 0 Å². The van der Waals surface area contributed by atoms with E-state index in [-0.39, 0.29) is 0 Å². The predicted molar refractivity (Wildman–Crippen MR) is 151 cm³/mol. The molecule has 1 N–H and O–H groups in total. The molecule has 0 saturated heterocycles. The number of aliphatic hydroxyl groups is 1. The summed E-state index contributed by atoms with van der Waals surface area (Å²) in [4.78, 5) is 0. The van der Waals surface area contributed by atoms with Gasteiger partial charge in [-0.1, -0.05) is 140 Å². The number of allylic oxidation sites excluding steroid dienone is 4. The third kappa shape index (κ3) is 31.4. The van der Waals surface area contributed by atoms with Crippen LogP contribution in [-0.4, -0.2) is 11.7 Å². The Bertz CT molecular complexity index is 384. The molecule has 0 aliphatic carbocycles. The largest absolute Gasteiger partial charge is 0.396 e. The lowest BCUT2D eigenvalue weighted by Crippen LogP contribution is -1.83. The van der Waals surface area contributed by atoms with E-state index >= 15 is 0 Å². The van der Waals surface area contributed by atoms with Crippen molar-refractivity contribution in [3.63, 3.8) is 0 Å². The molecule has 0 amide bonds. The second-order valence-corrected chi connectivity index (χ2v) is 10.2. The van der Waals surface area contributed by atoms with Crippen molar-refractivity contribution in [3.05, 3.63) is 24.3 Å². The maximum Gasteiger partial charge on any atom is 0.0431 e. The fourth-order valence-corrected chi connectivity index (χ4v) is 4.53. The SMILES string of the molecule is CCCCCC/C=C\CCCCCCCCCCCCCC/C=C\CCCCCCCCO. The molecule has 0 spiro atoms. The molecule has 0 atom stereocenters. The molecule has 33 heavy (non-hydrogen) atoms. The summed E-state index contributed by atoms with van der Waals surface area (Å²) in [5.41, 5.74) is 0. The molecule has 0 bridgehead atoms. The molecule has 0 rings (SSSR count). The van der Waals surface area contributed by atoms with Crippen molar-refractivity contribution in [2.75, 3.05) is 6.61 Å². The van der Waals surface area contributed by atoms with Gasteiger partial charge in [0.2, 0.25) is 0 Å². The first-order valence-electron chi connectivity index (χ1n) is 15.3. The van der Waals surface area contributed by atoms with Crippen molar-refractivity contribution in [2.45, 2.75) is 174 Å². The van der Waals surface area contributed by atoms with Crippen molar-refractivity contribution in [1.29, 1.82) is 0 Å². The molecule has 0 radical (unpaired) electrons. The summed E-state index contributed by atoms with van der Waals surface area (Å²) in [6.07, 6.45) is 45.1. The predicted octanol–water partition coefficient (Wildman–Crippen LogP) is 11.3. The van der Waals surface area contributed by atoms with Gasteiger partial charge in [0.25, 0.3) is 0 Å². The van der Waals surface area contributed by atoms with Gasteiger partial charge in [-0.2, -0.15) is 0 Å². The van der Waals surface area contributed by atoms with E-state index in [2.05, 4.69) is 31.2 Å². The third-order valence-electron chi connectivity index (χ3n) is 6.83. The van der Waals surface area contributed by atoms with Crippen LogP contribution in [0.2, 0.25) is 0 Å². The lowest BCUT2D eigenvalue weighted by molar-refractivity contribution is 0.282. The van der Waals surface area contributed by atoms with E-state index < -0.39 is 0 Å². The molecule has 0 heterocycles. The molecule has 1 heteroatoms. The summed E-state index contributed by atoms with van der Waals surface area (Å²) in [5.74, 6) is 0. The van der Waals surface area contributed by atoms with E-state index in [1.165, 1.54) is 161 Å². The summed E-state index contributed by atoms with van der Waals surface area (Å²) in [5, 5.41) is 8.76. The number of rotatable bonds is 28. The van der Waals surface area contributed by atoms with Gasteiger partial charge < -0.3 is 5.11 Å². The van der Waals surface area contributed by atoms with Crippen LogP contribution in [0.15, 0.2) is 24.3 Å². The third-order valence-corrected chi connectivity index (χ3v) is 6.83. The highest BCUT2D eigenvalue weighted by Gasteiger charge is 1.94. The minimum absolute atomic E-state index is 0.362. The fourth-order valence-electron chi connectivity index (χ4n) is 4.53. The number of hydrogen-bond acceptors (Lipinski definition) is 1. The van der Waals surface area contributed by atoms with E-state index in [1.807, 2.05) is 0 Å². The maximum atomic E-state index is 8.76. The van der Waals surface area contributed by atoms with Crippen LogP contribution in [0, 0.1) is 0 Å². The molecule has 0 aromatic rings. The van der Waals surface area contributed by atoms with Gasteiger partial charge in [-0.25, -0.2) is 0 Å². The van der Waals surface area contributed by atoms with Crippen LogP contribution < -0.4 is 0 Å². The van der Waals surface area contributed by atoms with E-state index in [4.69, 9.17) is 5.11 Å². The second-order valence-electron chi connectivity index (χ2n) is 10.2. The molecule has 0 aromatic carbocycles. The van der Waals surface area contributed by atoms with Crippen LogP contribution in [0.1, 0.15) is 174 Å². The van der Waals surface area contributed by atoms with Gasteiger partial charge in [0.15, 0.2) is 0 Å². The van der Waals surface area contributed by atoms with Gasteiger partial charge in [-0.05, 0) is 57.8 Å². The molecule has 0 aliphatic heterocycles. The Labute approximate surface area is 209 Å². The van der Waals surface area contributed by atoms with Crippen molar-refractivity contribution >= 4 is 0 Å². The van der Waals surface area contributed by atoms with Gasteiger partial charge in [-0.15, -0.1) is 0 Å². The van der Waals surface area contributed by atoms with E-state index in [1.54, 1.807) is 0 Å². The molecular weight excluding hydrogens is 400 g/mol. The maximum absolute atomic E-state index is 8.76. The highest BCUT2D eigenvalue weighted by molar-refractivity contribution is 4.82. The van der Waals surface area contributed by atoms with Crippen molar-refractivity contribution in [2.24, 2.45) is 0 Å². The van der Waals surface area contributed by atoms with Crippen LogP contribution in [0.3, 0.4) is 0 Å². The number of hydrogen-bond donors (Lipinski definition) is 1. The Morgan fingerprint density at radius 1 is 0.333 bits per heavy atom. The van der Waals surface area contributed by atoms with Crippen LogP contribution >= 0.6 is 0 Å². The Hall–Kier alpha value is -0.560. The summed E-state index contributed by atoms with van der Waals surface area (Å²) in [6.45, 7) is 2.65. The van der Waals surface area contributed by atoms with E-state index in [0.717, 1.165) is 6.42 Å². The standard InChI is InChI=1S/C32H62O/c1-2-3-4-5-6-7-8-9-10-11-12-13-14-15-16-17-18-19-20-21-22-23-24-25-26-27-28-29-30-31-32-33/h7-8,23-24,33H,2-6,9-22,25-32H2,1H3/b8-7-,24-23-. The number of unbranched alkanes of at least 4 members (excludes halogenated alkanes) is 23. The average Bonchev–Trinajstić information content (AvgIpc) is 2.83. The fraction of sp³-hybridized carbons (Fsp3) is 0.875. The Balaban J connectivity index is 3.09. The van der Waals surface area contributed by atoms with E-state index in [9.17, 15) is 0 Å². The second kappa shape index (κ2) is 31.4. The van der Waals surface area contributed by atoms with Gasteiger partial charge in [0.05, 0.1) is 0 Å². The summed E-state index contributed by atoms with van der Waals surface area (Å²) >= 11 is 0. The lowest BCUT2D eigenvalue weighted by atomic mass is 10.0. The highest BCUT2D eigenvalue weighted by atomic mass is 16.2. The summed E-state index contributed by atoms with van der Waals surface area (Å²) in [6, 6.07) is 0. The van der Waals surface area contributed by atoms with Crippen LogP contribution in [0.5, 0.6) is 0 Å². The molecule has 0 aromatic heterocycles. The van der Waals surface area contributed by atoms with Crippen molar-refractivity contribution < 1.29 is 5.11 Å². The molecule has 0 aliphatic rings. The smallest absolute Gasteiger partial charge is 0.0431 e. The van der Waals surface area contributed by atoms with Gasteiger partial charge in [-0.3, -0.25) is 0 Å². The first kappa shape index (κ1) is 32.4. The zero-order valence-electron chi connectivity index (χ0n) is 22.8. The minimum Gasteiger partial charge on any atom is -0.396 e. The lowest BCUT2D eigenvalue weighted by Gasteiger charge is -2.02. The topological polar surface area (TPSA) is 20.2 Å². The molecule has 0 fully saturated rings. The van der Waals surface area contributed by atoms with Crippen LogP contribution in [0.25, 0.3) is 0 Å². The molecule has 0 saturated carbocycles. The summed E-state index contributed by atoms with van der Waals surface area (Å²) in [7, 11) is 0. The van der Waals surface area contributed by atoms with Crippen LogP contribution in [-0.2, 0) is 0 Å². The average molecular weight is 463 g/mol. The van der Waals surface area contributed by atoms with Crippen LogP contribution in [0.4, 0.5) is 0 Å². The first-order valence-corrected chi connectivity index (χ1v) is 15.3. The summed E-state index contributed by atoms with van der Waals surface area (Å²) < 4.78 is 0. The normalized spacial score (nSPS) is 11.9. The Morgan fingerprint density at radius 3 is 0.848 bits per heavy atom. The Kier molecular flexibility index (Phi) is 30.9. The van der Waals surface area contributed by atoms with Crippen molar-refractivity contribution in [1.82, 2.24) is 0 Å². The molecule has 196 valence electrons. The Morgan fingerprint density at radius 2 is 0.576 bits per heavy atom. The van der Waals surface area contributed by atoms with Gasteiger partial charge >= 0.3 is 0 Å². The van der Waals surface area contributed by atoms with E-state index in [0.29, 0.717) is 6.61 Å². The van der Waals surface area contributed by atoms with Gasteiger partial charge in [0, 0.05) is 6.61 Å². The molecule has 0 unspecified atom stereocenters. The van der Waals surface area contributed by atoms with Crippen molar-refractivity contribution in [3.8, 4) is 0 Å². The quantitative estimate of drug-likeness (QED) is 0.0905. The zero-order chi connectivity index (χ0) is 23.9. The first-order chi connectivity index (χ1) is 16.4. The number of aliphatic hydroxyl groups excluding tert-OH is 1.